The van der Waals surface area contributed by atoms with Crippen molar-refractivity contribution >= 4 is 16.8 Å². The first-order valence-electron chi connectivity index (χ1n) is 7.57. The van der Waals surface area contributed by atoms with Crippen molar-refractivity contribution in [2.75, 3.05) is 0 Å². The molecule has 0 saturated heterocycles. The Hall–Kier alpha value is -2.76. The van der Waals surface area contributed by atoms with E-state index < -0.39 is 0 Å². The summed E-state index contributed by atoms with van der Waals surface area (Å²) in [7, 11) is 0. The Balaban J connectivity index is 1.85. The van der Waals surface area contributed by atoms with Crippen molar-refractivity contribution in [3.8, 4) is 0 Å². The van der Waals surface area contributed by atoms with E-state index >= 15 is 0 Å². The number of carbonyl (C=O) groups is 1. The number of nitrogens with zero attached hydrogens (tertiary/aromatic N) is 4. The maximum atomic E-state index is 12.7. The van der Waals surface area contributed by atoms with Crippen LogP contribution in [-0.4, -0.2) is 31.7 Å². The lowest BCUT2D eigenvalue weighted by atomic mass is 10.1. The van der Waals surface area contributed by atoms with Crippen LogP contribution in [0.3, 0.4) is 0 Å². The second-order valence-corrected chi connectivity index (χ2v) is 5.71. The van der Waals surface area contributed by atoms with Crippen molar-refractivity contribution in [2.24, 2.45) is 0 Å². The van der Waals surface area contributed by atoms with Gasteiger partial charge in [0, 0.05) is 17.1 Å². The first kappa shape index (κ1) is 15.1. The number of aryl methyl sites for hydroxylation is 1. The van der Waals surface area contributed by atoms with Gasteiger partial charge in [0.25, 0.3) is 5.91 Å². The van der Waals surface area contributed by atoms with Gasteiger partial charge in [-0.15, -0.1) is 0 Å². The van der Waals surface area contributed by atoms with Gasteiger partial charge in [0.05, 0.1) is 17.1 Å². The summed E-state index contributed by atoms with van der Waals surface area (Å²) in [5.74, 6) is -0.131. The van der Waals surface area contributed by atoms with E-state index in [-0.39, 0.29) is 18.0 Å². The fraction of sp³-hybridized carbons (Fsp3) is 0.294. The highest BCUT2D eigenvalue weighted by Gasteiger charge is 2.19. The zero-order chi connectivity index (χ0) is 16.4. The van der Waals surface area contributed by atoms with Crippen LogP contribution in [0.5, 0.6) is 0 Å². The molecule has 3 aromatic rings. The van der Waals surface area contributed by atoms with Gasteiger partial charge in [-0.2, -0.15) is 5.10 Å². The molecule has 0 radical (unpaired) electrons. The molecule has 2 aromatic heterocycles. The highest BCUT2D eigenvalue weighted by molar-refractivity contribution is 6.05. The quantitative estimate of drug-likeness (QED) is 0.803. The summed E-state index contributed by atoms with van der Waals surface area (Å²) in [4.78, 5) is 21.1. The highest BCUT2D eigenvalue weighted by Crippen LogP contribution is 2.18. The molecule has 2 heterocycles. The van der Waals surface area contributed by atoms with Crippen LogP contribution in [0.15, 0.2) is 43.0 Å². The summed E-state index contributed by atoms with van der Waals surface area (Å²) in [6, 6.07) is 9.47. The predicted molar refractivity (Wildman–Crippen MR) is 88.1 cm³/mol. The SMILES string of the molecule is Cc1ccc2cccc(C(=O)N[C@@H](C)[C@@H](C)n3cncn3)c2n1. The normalized spacial score (nSPS) is 13.7. The molecule has 6 heteroatoms. The van der Waals surface area contributed by atoms with E-state index in [1.807, 2.05) is 45.0 Å². The molecule has 6 nitrogen and oxygen atoms in total. The molecule has 0 unspecified atom stereocenters. The summed E-state index contributed by atoms with van der Waals surface area (Å²) in [6.07, 6.45) is 3.14. The zero-order valence-electron chi connectivity index (χ0n) is 13.4. The molecule has 1 aromatic carbocycles. The van der Waals surface area contributed by atoms with E-state index in [0.717, 1.165) is 16.6 Å². The van der Waals surface area contributed by atoms with Crippen LogP contribution in [0, 0.1) is 6.92 Å². The Bertz CT molecular complexity index is 828. The Labute approximate surface area is 134 Å². The van der Waals surface area contributed by atoms with Crippen molar-refractivity contribution in [1.29, 1.82) is 0 Å². The molecule has 23 heavy (non-hydrogen) atoms. The van der Waals surface area contributed by atoms with Gasteiger partial charge in [-0.3, -0.25) is 9.78 Å². The van der Waals surface area contributed by atoms with Gasteiger partial charge < -0.3 is 5.32 Å². The first-order chi connectivity index (χ1) is 11.1. The number of nitrogens with one attached hydrogen (secondary N) is 1. The van der Waals surface area contributed by atoms with E-state index in [9.17, 15) is 4.79 Å². The molecule has 0 spiro atoms. The van der Waals surface area contributed by atoms with Crippen molar-refractivity contribution in [3.05, 3.63) is 54.2 Å². The summed E-state index contributed by atoms with van der Waals surface area (Å²) < 4.78 is 1.73. The minimum absolute atomic E-state index is 0.00567. The molecule has 0 saturated carbocycles. The van der Waals surface area contributed by atoms with E-state index in [0.29, 0.717) is 5.56 Å². The number of aromatic nitrogens is 4. The fourth-order valence-electron chi connectivity index (χ4n) is 2.49. The van der Waals surface area contributed by atoms with Crippen LogP contribution in [0.25, 0.3) is 10.9 Å². The summed E-state index contributed by atoms with van der Waals surface area (Å²) in [5, 5.41) is 8.11. The van der Waals surface area contributed by atoms with E-state index in [2.05, 4.69) is 20.4 Å². The highest BCUT2D eigenvalue weighted by atomic mass is 16.1. The number of hydrogen-bond donors (Lipinski definition) is 1. The fourth-order valence-corrected chi connectivity index (χ4v) is 2.49. The second-order valence-electron chi connectivity index (χ2n) is 5.71. The number of rotatable bonds is 4. The third kappa shape index (κ3) is 3.06. The number of benzene rings is 1. The lowest BCUT2D eigenvalue weighted by Gasteiger charge is -2.21. The van der Waals surface area contributed by atoms with E-state index in [1.165, 1.54) is 6.33 Å². The smallest absolute Gasteiger partial charge is 0.253 e. The lowest BCUT2D eigenvalue weighted by molar-refractivity contribution is 0.0930. The van der Waals surface area contributed by atoms with Crippen molar-refractivity contribution in [3.63, 3.8) is 0 Å². The van der Waals surface area contributed by atoms with Crippen molar-refractivity contribution in [2.45, 2.75) is 32.9 Å². The van der Waals surface area contributed by atoms with Crippen LogP contribution < -0.4 is 5.32 Å². The zero-order valence-corrected chi connectivity index (χ0v) is 13.4. The van der Waals surface area contributed by atoms with Crippen LogP contribution in [0.2, 0.25) is 0 Å². The minimum Gasteiger partial charge on any atom is -0.347 e. The van der Waals surface area contributed by atoms with Crippen LogP contribution >= 0.6 is 0 Å². The molecule has 1 amide bonds. The average molecular weight is 309 g/mol. The maximum Gasteiger partial charge on any atom is 0.253 e. The lowest BCUT2D eigenvalue weighted by Crippen LogP contribution is -2.38. The number of amides is 1. The second kappa shape index (κ2) is 6.16. The molecule has 0 aliphatic rings. The van der Waals surface area contributed by atoms with Gasteiger partial charge in [-0.25, -0.2) is 9.67 Å². The van der Waals surface area contributed by atoms with Gasteiger partial charge in [0.1, 0.15) is 12.7 Å². The number of para-hydroxylation sites is 1. The van der Waals surface area contributed by atoms with Gasteiger partial charge in [-0.05, 0) is 32.9 Å². The number of pyridine rings is 1. The Morgan fingerprint density at radius 3 is 2.78 bits per heavy atom. The van der Waals surface area contributed by atoms with Gasteiger partial charge in [0.2, 0.25) is 0 Å². The molecule has 0 aliphatic heterocycles. The summed E-state index contributed by atoms with van der Waals surface area (Å²) in [6.45, 7) is 5.86. The van der Waals surface area contributed by atoms with Crippen molar-refractivity contribution < 1.29 is 4.79 Å². The summed E-state index contributed by atoms with van der Waals surface area (Å²) in [5.41, 5.74) is 2.20. The number of fused-ring (bicyclic) bond motifs is 1. The standard InChI is InChI=1S/C17H19N5O/c1-11-7-8-14-5-4-6-15(16(14)20-11)17(23)21-12(2)13(3)22-10-18-9-19-22/h4-10,12-13H,1-3H3,(H,21,23)/t12-,13+/m0/s1. The van der Waals surface area contributed by atoms with Crippen LogP contribution in [-0.2, 0) is 0 Å². The molecule has 2 atom stereocenters. The molecule has 0 bridgehead atoms. The van der Waals surface area contributed by atoms with Crippen molar-refractivity contribution in [1.82, 2.24) is 25.1 Å². The average Bonchev–Trinajstić information content (AvgIpc) is 3.07. The minimum atomic E-state index is -0.131. The van der Waals surface area contributed by atoms with Gasteiger partial charge >= 0.3 is 0 Å². The molecule has 1 N–H and O–H groups in total. The summed E-state index contributed by atoms with van der Waals surface area (Å²) >= 11 is 0. The Morgan fingerprint density at radius 1 is 1.22 bits per heavy atom. The predicted octanol–water partition coefficient (Wildman–Crippen LogP) is 2.51. The van der Waals surface area contributed by atoms with Gasteiger partial charge in [-0.1, -0.05) is 18.2 Å². The monoisotopic (exact) mass is 309 g/mol. The molecular weight excluding hydrogens is 290 g/mol. The molecule has 0 fully saturated rings. The Kier molecular flexibility index (Phi) is 4.06. The van der Waals surface area contributed by atoms with Gasteiger partial charge in [0.15, 0.2) is 0 Å². The Morgan fingerprint density at radius 2 is 2.04 bits per heavy atom. The van der Waals surface area contributed by atoms with E-state index in [1.54, 1.807) is 17.1 Å². The van der Waals surface area contributed by atoms with E-state index in [4.69, 9.17) is 0 Å². The molecule has 0 aliphatic carbocycles. The van der Waals surface area contributed by atoms with Crippen LogP contribution in [0.4, 0.5) is 0 Å². The van der Waals surface area contributed by atoms with Crippen LogP contribution in [0.1, 0.15) is 35.9 Å². The largest absolute Gasteiger partial charge is 0.347 e. The number of hydrogen-bond acceptors (Lipinski definition) is 4. The number of carbonyl (C=O) groups excluding carboxylic acids is 1. The molecule has 3 rings (SSSR count). The molecular formula is C17H19N5O. The third-order valence-electron chi connectivity index (χ3n) is 4.04. The molecule has 118 valence electrons. The topological polar surface area (TPSA) is 72.7 Å². The first-order valence-corrected chi connectivity index (χ1v) is 7.57. The maximum absolute atomic E-state index is 12.7. The third-order valence-corrected chi connectivity index (χ3v) is 4.04.